The quantitative estimate of drug-likeness (QED) is 0.0607. The van der Waals surface area contributed by atoms with Crippen LogP contribution in [-0.4, -0.2) is 47.3 Å². The molecule has 0 atom stereocenters. The fourth-order valence-electron chi connectivity index (χ4n) is 3.81. The van der Waals surface area contributed by atoms with Gasteiger partial charge in [0.15, 0.2) is 0 Å². The lowest BCUT2D eigenvalue weighted by molar-refractivity contribution is -0.139. The topological polar surface area (TPSA) is 127 Å². The van der Waals surface area contributed by atoms with Crippen molar-refractivity contribution in [2.45, 2.75) is 142 Å². The van der Waals surface area contributed by atoms with Crippen molar-refractivity contribution < 1.29 is 38.9 Å². The minimum Gasteiger partial charge on any atom is -0.481 e. The van der Waals surface area contributed by atoms with Crippen LogP contribution in [0.15, 0.2) is 24.3 Å². The van der Waals surface area contributed by atoms with Crippen molar-refractivity contribution in [1.82, 2.24) is 0 Å². The highest BCUT2D eigenvalue weighted by Crippen LogP contribution is 2.12. The summed E-state index contributed by atoms with van der Waals surface area (Å²) in [5, 5.41) is 17.0. The normalized spacial score (nSPS) is 10.2. The first-order valence-electron chi connectivity index (χ1n) is 15.2. The van der Waals surface area contributed by atoms with E-state index >= 15 is 0 Å². The van der Waals surface area contributed by atoms with Gasteiger partial charge < -0.3 is 19.7 Å². The van der Waals surface area contributed by atoms with Crippen LogP contribution in [0.3, 0.4) is 0 Å². The molecule has 0 aromatic heterocycles. The summed E-state index contributed by atoms with van der Waals surface area (Å²) < 4.78 is 10.0. The third-order valence-corrected chi connectivity index (χ3v) is 6.23. The van der Waals surface area contributed by atoms with Crippen LogP contribution in [0.1, 0.15) is 142 Å². The third-order valence-electron chi connectivity index (χ3n) is 6.23. The number of rotatable bonds is 26. The molecule has 0 radical (unpaired) electrons. The summed E-state index contributed by atoms with van der Waals surface area (Å²) in [6.07, 6.45) is 20.0. The number of hydrogen-bond donors (Lipinski definition) is 2. The van der Waals surface area contributed by atoms with Crippen LogP contribution in [0.2, 0.25) is 0 Å². The molecule has 0 bridgehead atoms. The third kappa shape index (κ3) is 33.4. The van der Waals surface area contributed by atoms with E-state index in [-0.39, 0.29) is 11.9 Å². The maximum Gasteiger partial charge on any atom is 0.333 e. The lowest BCUT2D eigenvalue weighted by atomic mass is 10.1. The fourth-order valence-corrected chi connectivity index (χ4v) is 3.81. The number of aliphatic carboxylic acids is 2. The second-order valence-electron chi connectivity index (χ2n) is 10.5. The standard InChI is InChI=1S/2C16H28O4/c2*1-14(2)16(19)20-13-11-9-7-5-3-4-6-8-10-12-15(17)18/h2*1,3-13H2,2H3,(H,17,18). The van der Waals surface area contributed by atoms with Gasteiger partial charge in [0, 0.05) is 24.0 Å². The molecule has 0 fully saturated rings. The molecule has 0 spiro atoms. The van der Waals surface area contributed by atoms with Crippen molar-refractivity contribution in [1.29, 1.82) is 0 Å². The summed E-state index contributed by atoms with van der Waals surface area (Å²) in [5.41, 5.74) is 0.904. The van der Waals surface area contributed by atoms with E-state index in [0.717, 1.165) is 64.2 Å². The number of unbranched alkanes of at least 4 members (excludes halogenated alkanes) is 16. The molecule has 0 aliphatic heterocycles. The van der Waals surface area contributed by atoms with Gasteiger partial charge in [0.25, 0.3) is 0 Å². The lowest BCUT2D eigenvalue weighted by Gasteiger charge is -2.04. The molecule has 0 unspecified atom stereocenters. The Morgan fingerprint density at radius 1 is 0.450 bits per heavy atom. The Morgan fingerprint density at radius 3 is 0.900 bits per heavy atom. The first-order chi connectivity index (χ1) is 19.1. The average molecular weight is 569 g/mol. The van der Waals surface area contributed by atoms with E-state index < -0.39 is 11.9 Å². The minimum absolute atomic E-state index is 0.295. The van der Waals surface area contributed by atoms with Gasteiger partial charge in [-0.15, -0.1) is 0 Å². The molecular formula is C32H56O8. The average Bonchev–Trinajstić information content (AvgIpc) is 2.89. The first-order valence-corrected chi connectivity index (χ1v) is 15.2. The molecule has 2 N–H and O–H groups in total. The van der Waals surface area contributed by atoms with Gasteiger partial charge in [-0.1, -0.05) is 103 Å². The van der Waals surface area contributed by atoms with Gasteiger partial charge >= 0.3 is 23.9 Å². The van der Waals surface area contributed by atoms with Crippen LogP contribution in [0, 0.1) is 0 Å². The zero-order valence-electron chi connectivity index (χ0n) is 25.3. The molecule has 0 aromatic rings. The molecule has 0 aromatic carbocycles. The van der Waals surface area contributed by atoms with E-state index in [1.165, 1.54) is 51.4 Å². The van der Waals surface area contributed by atoms with Crippen LogP contribution in [0.25, 0.3) is 0 Å². The second kappa shape index (κ2) is 29.3. The molecule has 0 amide bonds. The number of carbonyl (C=O) groups excluding carboxylic acids is 2. The minimum atomic E-state index is -0.697. The number of carbonyl (C=O) groups is 4. The predicted octanol–water partition coefficient (Wildman–Crippen LogP) is 8.18. The predicted molar refractivity (Wildman–Crippen MR) is 159 cm³/mol. The summed E-state index contributed by atoms with van der Waals surface area (Å²) >= 11 is 0. The molecule has 8 nitrogen and oxygen atoms in total. The van der Waals surface area contributed by atoms with Crippen molar-refractivity contribution in [2.75, 3.05) is 13.2 Å². The number of carboxylic acid groups (broad SMARTS) is 2. The second-order valence-corrected chi connectivity index (χ2v) is 10.5. The Balaban J connectivity index is 0. The van der Waals surface area contributed by atoms with Crippen molar-refractivity contribution >= 4 is 23.9 Å². The zero-order valence-corrected chi connectivity index (χ0v) is 25.3. The van der Waals surface area contributed by atoms with Gasteiger partial charge in [0.2, 0.25) is 0 Å². The molecule has 0 aliphatic rings. The van der Waals surface area contributed by atoms with E-state index in [1.807, 2.05) is 0 Å². The Morgan fingerprint density at radius 2 is 0.675 bits per heavy atom. The molecular weight excluding hydrogens is 512 g/mol. The SMILES string of the molecule is C=C(C)C(=O)OCCCCCCCCCCCC(=O)O.C=C(C)C(=O)OCCCCCCCCCCCC(=O)O. The highest BCUT2D eigenvalue weighted by atomic mass is 16.5. The van der Waals surface area contributed by atoms with E-state index in [4.69, 9.17) is 19.7 Å². The Kier molecular flexibility index (Phi) is 29.0. The maximum atomic E-state index is 11.1. The first kappa shape index (κ1) is 39.5. The van der Waals surface area contributed by atoms with Gasteiger partial charge in [-0.05, 0) is 39.5 Å². The number of carboxylic acids is 2. The van der Waals surface area contributed by atoms with Crippen molar-refractivity contribution in [3.05, 3.63) is 24.3 Å². The molecule has 40 heavy (non-hydrogen) atoms. The molecule has 0 saturated heterocycles. The number of esters is 2. The van der Waals surface area contributed by atoms with E-state index in [0.29, 0.717) is 37.2 Å². The molecule has 232 valence electrons. The van der Waals surface area contributed by atoms with Gasteiger partial charge in [-0.2, -0.15) is 0 Å². The van der Waals surface area contributed by atoms with Crippen LogP contribution in [0.4, 0.5) is 0 Å². The van der Waals surface area contributed by atoms with E-state index in [1.54, 1.807) is 13.8 Å². The van der Waals surface area contributed by atoms with Crippen LogP contribution >= 0.6 is 0 Å². The van der Waals surface area contributed by atoms with Gasteiger partial charge in [-0.3, -0.25) is 9.59 Å². The van der Waals surface area contributed by atoms with E-state index in [2.05, 4.69) is 13.2 Å². The largest absolute Gasteiger partial charge is 0.481 e. The summed E-state index contributed by atoms with van der Waals surface area (Å²) in [6, 6.07) is 0. The van der Waals surface area contributed by atoms with Crippen molar-refractivity contribution in [2.24, 2.45) is 0 Å². The summed E-state index contributed by atoms with van der Waals surface area (Å²) in [5.74, 6) is -1.99. The lowest BCUT2D eigenvalue weighted by Crippen LogP contribution is -2.05. The van der Waals surface area contributed by atoms with Crippen molar-refractivity contribution in [3.8, 4) is 0 Å². The molecule has 0 saturated carbocycles. The fraction of sp³-hybridized carbons (Fsp3) is 0.750. The Bertz CT molecular complexity index is 654. The highest BCUT2D eigenvalue weighted by Gasteiger charge is 2.03. The summed E-state index contributed by atoms with van der Waals surface area (Å²) in [6.45, 7) is 11.3. The van der Waals surface area contributed by atoms with Gasteiger partial charge in [-0.25, -0.2) is 9.59 Å². The summed E-state index contributed by atoms with van der Waals surface area (Å²) in [4.78, 5) is 42.8. The Labute approximate surface area is 242 Å². The van der Waals surface area contributed by atoms with E-state index in [9.17, 15) is 19.2 Å². The number of ether oxygens (including phenoxy) is 2. The monoisotopic (exact) mass is 568 g/mol. The van der Waals surface area contributed by atoms with Crippen LogP contribution in [-0.2, 0) is 28.7 Å². The molecule has 8 heteroatoms. The zero-order chi connectivity index (χ0) is 30.4. The summed E-state index contributed by atoms with van der Waals surface area (Å²) in [7, 11) is 0. The molecule has 0 heterocycles. The van der Waals surface area contributed by atoms with Crippen LogP contribution < -0.4 is 0 Å². The van der Waals surface area contributed by atoms with Crippen LogP contribution in [0.5, 0.6) is 0 Å². The molecule has 0 rings (SSSR count). The highest BCUT2D eigenvalue weighted by molar-refractivity contribution is 5.87. The molecule has 0 aliphatic carbocycles. The smallest absolute Gasteiger partial charge is 0.333 e. The van der Waals surface area contributed by atoms with Gasteiger partial charge in [0.05, 0.1) is 13.2 Å². The van der Waals surface area contributed by atoms with Gasteiger partial charge in [0.1, 0.15) is 0 Å². The maximum absolute atomic E-state index is 11.1. The number of hydrogen-bond acceptors (Lipinski definition) is 6. The Hall–Kier alpha value is -2.64. The van der Waals surface area contributed by atoms with Crippen molar-refractivity contribution in [3.63, 3.8) is 0 Å².